The van der Waals surface area contributed by atoms with Gasteiger partial charge in [-0.1, -0.05) is 153 Å². The Morgan fingerprint density at radius 1 is 0.640 bits per heavy atom. The Morgan fingerprint density at radius 2 is 1.13 bits per heavy atom. The second-order valence-electron chi connectivity index (χ2n) is 20.2. The molecule has 6 N–H and O–H groups in total. The topological polar surface area (TPSA) is 228 Å². The average molecular weight is 1030 g/mol. The molecule has 17 nitrogen and oxygen atoms in total. The Labute approximate surface area is 439 Å². The quantitative estimate of drug-likeness (QED) is 0.0326. The molecule has 1 heterocycles. The Kier molecular flexibility index (Phi) is 20.3. The van der Waals surface area contributed by atoms with Crippen LogP contribution in [0.5, 0.6) is 0 Å². The van der Waals surface area contributed by atoms with E-state index in [1.807, 2.05) is 121 Å². The highest BCUT2D eigenvalue weighted by Gasteiger charge is 2.40. The smallest absolute Gasteiger partial charge is 0.408 e. The molecule has 5 aromatic rings. The molecule has 0 unspecified atom stereocenters. The minimum Gasteiger partial charge on any atom is -0.467 e. The number of carbonyl (C=O) groups excluding carboxylic acids is 7. The number of esters is 1. The number of nitrogens with one attached hydrogen (secondary N) is 6. The van der Waals surface area contributed by atoms with Gasteiger partial charge in [-0.3, -0.25) is 24.0 Å². The third-order valence-electron chi connectivity index (χ3n) is 13.3. The molecule has 6 amide bonds. The van der Waals surface area contributed by atoms with E-state index in [0.717, 1.165) is 54.4 Å². The molecule has 1 aromatic heterocycles. The first-order valence-electron chi connectivity index (χ1n) is 25.7. The summed E-state index contributed by atoms with van der Waals surface area (Å²) in [5.74, 6) is -4.26. The van der Waals surface area contributed by atoms with E-state index in [9.17, 15) is 33.6 Å². The first-order chi connectivity index (χ1) is 35.9. The van der Waals surface area contributed by atoms with Crippen molar-refractivity contribution in [1.29, 1.82) is 0 Å². The minimum absolute atomic E-state index is 0.0240. The zero-order valence-corrected chi connectivity index (χ0v) is 43.8. The van der Waals surface area contributed by atoms with Crippen molar-refractivity contribution in [2.45, 2.75) is 133 Å². The zero-order valence-electron chi connectivity index (χ0n) is 43.8. The predicted molar refractivity (Wildman–Crippen MR) is 283 cm³/mol. The molecule has 0 spiro atoms. The summed E-state index contributed by atoms with van der Waals surface area (Å²) in [6.07, 6.45) is 6.98. The van der Waals surface area contributed by atoms with Gasteiger partial charge in [0.25, 0.3) is 0 Å². The SMILES string of the molecule is COC(=O)[C@H](C)NC(=O)[C@H](CC(=O)NC(c1ccccc1)(c1ccccc1)c1ccccc1)NC(=O)[C@H](CCc1ccccc1)NC(=O)[C@H](CC1CCCCC1)NC(=O)[C@H](Cc1cncn1C)NC(=O)OC(C)(C)C. The van der Waals surface area contributed by atoms with Crippen LogP contribution in [0.1, 0.15) is 107 Å². The lowest BCUT2D eigenvalue weighted by molar-refractivity contribution is -0.145. The molecule has 1 fully saturated rings. The molecule has 1 aliphatic carbocycles. The van der Waals surface area contributed by atoms with E-state index < -0.39 is 89.4 Å². The molecule has 17 heteroatoms. The van der Waals surface area contributed by atoms with Crippen LogP contribution in [0.15, 0.2) is 134 Å². The molecule has 1 saturated carbocycles. The maximum Gasteiger partial charge on any atom is 0.408 e. The highest BCUT2D eigenvalue weighted by atomic mass is 16.6. The van der Waals surface area contributed by atoms with Gasteiger partial charge < -0.3 is 45.9 Å². The van der Waals surface area contributed by atoms with Gasteiger partial charge in [0, 0.05) is 25.4 Å². The number of alkyl carbamates (subject to hydrolysis) is 1. The van der Waals surface area contributed by atoms with Crippen molar-refractivity contribution in [3.63, 3.8) is 0 Å². The lowest BCUT2D eigenvalue weighted by Gasteiger charge is -2.37. The Balaban J connectivity index is 1.33. The lowest BCUT2D eigenvalue weighted by atomic mass is 9.77. The van der Waals surface area contributed by atoms with Gasteiger partial charge in [0.05, 0.1) is 19.9 Å². The number of hydrogen-bond donors (Lipinski definition) is 6. The Hall–Kier alpha value is -7.82. The normalized spacial score (nSPS) is 14.9. The summed E-state index contributed by atoms with van der Waals surface area (Å²) < 4.78 is 12.1. The number of imidazole rings is 1. The number of benzene rings is 4. The number of aryl methyl sites for hydroxylation is 2. The molecule has 1 aliphatic rings. The standard InChI is InChI=1S/C58H72N8O9/c1-39(55(72)74-6)60-52(69)49(36-50(67)65-58(42-26-16-9-17-27-42,43-28-18-10-19-29-43)44-30-20-11-21-31-44)63-51(68)46(33-32-40-22-12-7-13-23-40)61-53(70)47(34-41-24-14-8-15-25-41)62-54(71)48(35-45-37-59-38-66(45)5)64-56(73)75-57(2,3)4/h7,9-13,16-23,26-31,37-39,41,46-49H,8,14-15,24-25,32-36H2,1-6H3,(H,60,69)(H,61,70)(H,62,71)(H,63,68)(H,64,73)(H,65,67)/t39-,46-,47-,48-,49-/m0/s1. The third-order valence-corrected chi connectivity index (χ3v) is 13.3. The molecule has 0 aliphatic heterocycles. The second kappa shape index (κ2) is 26.9. The molecular formula is C58H72N8O9. The highest BCUT2D eigenvalue weighted by Crippen LogP contribution is 2.37. The van der Waals surface area contributed by atoms with Gasteiger partial charge >= 0.3 is 12.1 Å². The van der Waals surface area contributed by atoms with E-state index in [2.05, 4.69) is 36.9 Å². The van der Waals surface area contributed by atoms with E-state index in [1.165, 1.54) is 14.0 Å². The molecule has 5 atom stereocenters. The summed E-state index contributed by atoms with van der Waals surface area (Å²) in [6.45, 7) is 6.54. The molecule has 75 heavy (non-hydrogen) atoms. The van der Waals surface area contributed by atoms with Crippen molar-refractivity contribution < 1.29 is 43.0 Å². The van der Waals surface area contributed by atoms with E-state index in [4.69, 9.17) is 9.47 Å². The summed E-state index contributed by atoms with van der Waals surface area (Å²) in [6, 6.07) is 31.1. The van der Waals surface area contributed by atoms with Crippen LogP contribution in [0, 0.1) is 5.92 Å². The monoisotopic (exact) mass is 1020 g/mol. The summed E-state index contributed by atoms with van der Waals surface area (Å²) in [5, 5.41) is 17.1. The van der Waals surface area contributed by atoms with Gasteiger partial charge in [-0.05, 0) is 75.1 Å². The van der Waals surface area contributed by atoms with Gasteiger partial charge in [-0.25, -0.2) is 14.6 Å². The summed E-state index contributed by atoms with van der Waals surface area (Å²) in [7, 11) is 2.94. The first-order valence-corrected chi connectivity index (χ1v) is 25.7. The van der Waals surface area contributed by atoms with Crippen molar-refractivity contribution >= 4 is 41.6 Å². The second-order valence-corrected chi connectivity index (χ2v) is 20.2. The first kappa shape index (κ1) is 56.5. The predicted octanol–water partition coefficient (Wildman–Crippen LogP) is 6.09. The van der Waals surface area contributed by atoms with Crippen molar-refractivity contribution in [1.82, 2.24) is 41.5 Å². The summed E-state index contributed by atoms with van der Waals surface area (Å²) >= 11 is 0. The van der Waals surface area contributed by atoms with Gasteiger partial charge in [0.15, 0.2) is 0 Å². The number of ether oxygens (including phenoxy) is 2. The summed E-state index contributed by atoms with van der Waals surface area (Å²) in [4.78, 5) is 103. The van der Waals surface area contributed by atoms with Crippen LogP contribution in [0.2, 0.25) is 0 Å². The number of nitrogens with zero attached hydrogens (tertiary/aromatic N) is 2. The number of amides is 6. The number of methoxy groups -OCH3 is 1. The Morgan fingerprint density at radius 3 is 1.65 bits per heavy atom. The average Bonchev–Trinajstić information content (AvgIpc) is 3.82. The van der Waals surface area contributed by atoms with Gasteiger partial charge in [-0.15, -0.1) is 0 Å². The van der Waals surface area contributed by atoms with E-state index in [-0.39, 0.29) is 25.2 Å². The van der Waals surface area contributed by atoms with Crippen LogP contribution in [-0.2, 0) is 63.7 Å². The maximum absolute atomic E-state index is 14.9. The van der Waals surface area contributed by atoms with Crippen LogP contribution in [0.25, 0.3) is 0 Å². The highest BCUT2D eigenvalue weighted by molar-refractivity contribution is 5.97. The van der Waals surface area contributed by atoms with E-state index in [1.54, 1.807) is 44.9 Å². The van der Waals surface area contributed by atoms with Crippen LogP contribution in [0.4, 0.5) is 4.79 Å². The van der Waals surface area contributed by atoms with E-state index >= 15 is 0 Å². The molecule has 0 radical (unpaired) electrons. The van der Waals surface area contributed by atoms with Gasteiger partial charge in [0.1, 0.15) is 41.3 Å². The molecule has 4 aromatic carbocycles. The van der Waals surface area contributed by atoms with Gasteiger partial charge in [0.2, 0.25) is 29.5 Å². The molecule has 398 valence electrons. The van der Waals surface area contributed by atoms with Crippen LogP contribution < -0.4 is 31.9 Å². The van der Waals surface area contributed by atoms with Crippen molar-refractivity contribution in [2.75, 3.05) is 7.11 Å². The summed E-state index contributed by atoms with van der Waals surface area (Å²) in [5.41, 5.74) is 1.54. The molecule has 0 saturated heterocycles. The lowest BCUT2D eigenvalue weighted by Crippen LogP contribution is -2.60. The fourth-order valence-electron chi connectivity index (χ4n) is 9.46. The number of carbonyl (C=O) groups is 7. The van der Waals surface area contributed by atoms with Crippen LogP contribution >= 0.6 is 0 Å². The largest absolute Gasteiger partial charge is 0.467 e. The fourth-order valence-corrected chi connectivity index (χ4v) is 9.46. The Bertz CT molecular complexity index is 2580. The molecule has 6 rings (SSSR count). The van der Waals surface area contributed by atoms with Crippen LogP contribution in [-0.4, -0.2) is 94.1 Å². The fraction of sp³-hybridized carbons (Fsp3) is 0.414. The number of hydrogen-bond acceptors (Lipinski definition) is 10. The van der Waals surface area contributed by atoms with Gasteiger partial charge in [-0.2, -0.15) is 0 Å². The van der Waals surface area contributed by atoms with E-state index in [0.29, 0.717) is 12.1 Å². The maximum atomic E-state index is 14.9. The third kappa shape index (κ3) is 16.3. The zero-order chi connectivity index (χ0) is 54.0. The molecule has 0 bridgehead atoms. The number of rotatable bonds is 23. The van der Waals surface area contributed by atoms with Crippen molar-refractivity contribution in [2.24, 2.45) is 13.0 Å². The number of aromatic nitrogens is 2. The van der Waals surface area contributed by atoms with Crippen molar-refractivity contribution in [3.8, 4) is 0 Å². The van der Waals surface area contributed by atoms with Crippen LogP contribution in [0.3, 0.4) is 0 Å². The van der Waals surface area contributed by atoms with Crippen molar-refractivity contribution in [3.05, 3.63) is 162 Å². The molecular weight excluding hydrogens is 953 g/mol. The minimum atomic E-state index is -1.58.